The van der Waals surface area contributed by atoms with Gasteiger partial charge >= 0.3 is 0 Å². The summed E-state index contributed by atoms with van der Waals surface area (Å²) in [4.78, 5) is 16.1. The van der Waals surface area contributed by atoms with Crippen molar-refractivity contribution < 1.29 is 9.53 Å². The first-order chi connectivity index (χ1) is 13.3. The van der Waals surface area contributed by atoms with E-state index in [0.29, 0.717) is 18.0 Å². The van der Waals surface area contributed by atoms with Gasteiger partial charge in [0.1, 0.15) is 17.9 Å². The average Bonchev–Trinajstić information content (AvgIpc) is 2.71. The van der Waals surface area contributed by atoms with Crippen molar-refractivity contribution in [1.29, 1.82) is 0 Å². The van der Waals surface area contributed by atoms with Crippen molar-refractivity contribution in [2.75, 3.05) is 18.9 Å². The van der Waals surface area contributed by atoms with Crippen LogP contribution in [0.25, 0.3) is 10.9 Å². The molecule has 136 valence electrons. The Balaban J connectivity index is 1.35. The molecule has 0 aliphatic rings. The highest BCUT2D eigenvalue weighted by Gasteiger charge is 2.02. The summed E-state index contributed by atoms with van der Waals surface area (Å²) in [6.45, 7) is 0.580. The third kappa shape index (κ3) is 6.05. The molecule has 3 rings (SSSR count). The molecule has 0 unspecified atom stereocenters. The maximum absolute atomic E-state index is 11.8. The molecule has 1 amide bonds. The summed E-state index contributed by atoms with van der Waals surface area (Å²) >= 11 is 1.59. The smallest absolute Gasteiger partial charge is 0.230 e. The SMILES string of the molecule is O=C(CSCc1ccccc1)NCC#CCOc1cccc2cccnc12. The van der Waals surface area contributed by atoms with Crippen molar-refractivity contribution in [3.63, 3.8) is 0 Å². The van der Waals surface area contributed by atoms with Gasteiger partial charge in [0, 0.05) is 17.3 Å². The van der Waals surface area contributed by atoms with Crippen molar-refractivity contribution in [3.8, 4) is 17.6 Å². The lowest BCUT2D eigenvalue weighted by Gasteiger charge is -2.05. The number of fused-ring (bicyclic) bond motifs is 1. The number of amides is 1. The molecule has 1 heterocycles. The second-order valence-electron chi connectivity index (χ2n) is 5.73. The Kier molecular flexibility index (Phi) is 7.14. The van der Waals surface area contributed by atoms with Crippen LogP contribution in [0, 0.1) is 11.8 Å². The predicted octanol–water partition coefficient (Wildman–Crippen LogP) is 3.67. The van der Waals surface area contributed by atoms with Gasteiger partial charge < -0.3 is 10.1 Å². The van der Waals surface area contributed by atoms with Crippen LogP contribution in [0.1, 0.15) is 5.56 Å². The molecule has 0 saturated heterocycles. The Morgan fingerprint density at radius 2 is 1.89 bits per heavy atom. The highest BCUT2D eigenvalue weighted by atomic mass is 32.2. The molecule has 1 N–H and O–H groups in total. The summed E-state index contributed by atoms with van der Waals surface area (Å²) in [5.74, 6) is 7.77. The summed E-state index contributed by atoms with van der Waals surface area (Å²) in [5, 5.41) is 3.83. The molecular formula is C22H20N2O2S. The molecule has 4 nitrogen and oxygen atoms in total. The van der Waals surface area contributed by atoms with Crippen LogP contribution in [0.4, 0.5) is 0 Å². The van der Waals surface area contributed by atoms with Crippen molar-refractivity contribution in [2.45, 2.75) is 5.75 Å². The molecule has 0 radical (unpaired) electrons. The third-order valence-corrected chi connectivity index (χ3v) is 4.74. The fourth-order valence-electron chi connectivity index (χ4n) is 2.45. The van der Waals surface area contributed by atoms with Crippen LogP contribution >= 0.6 is 11.8 Å². The number of ether oxygens (including phenoxy) is 1. The predicted molar refractivity (Wildman–Crippen MR) is 111 cm³/mol. The molecule has 0 spiro atoms. The standard InChI is InChI=1S/C22H20N2O2S/c25-21(17-27-16-18-8-2-1-3-9-18)23-13-4-5-15-26-20-12-6-10-19-11-7-14-24-22(19)20/h1-3,6-12,14H,13,15-17H2,(H,23,25). The van der Waals surface area contributed by atoms with Crippen LogP contribution in [0.2, 0.25) is 0 Å². The van der Waals surface area contributed by atoms with Gasteiger partial charge in [0.15, 0.2) is 0 Å². The zero-order valence-corrected chi connectivity index (χ0v) is 15.7. The lowest BCUT2D eigenvalue weighted by Crippen LogP contribution is -2.25. The fraction of sp³-hybridized carbons (Fsp3) is 0.182. The van der Waals surface area contributed by atoms with Gasteiger partial charge in [0.25, 0.3) is 0 Å². The van der Waals surface area contributed by atoms with Gasteiger partial charge in [-0.1, -0.05) is 60.4 Å². The van der Waals surface area contributed by atoms with E-state index in [-0.39, 0.29) is 12.5 Å². The number of carbonyl (C=O) groups excluding carboxylic acids is 1. The number of thioether (sulfide) groups is 1. The molecule has 0 bridgehead atoms. The topological polar surface area (TPSA) is 51.2 Å². The number of benzene rings is 2. The van der Waals surface area contributed by atoms with E-state index >= 15 is 0 Å². The van der Waals surface area contributed by atoms with Crippen LogP contribution in [0.5, 0.6) is 5.75 Å². The molecule has 0 aliphatic heterocycles. The minimum absolute atomic E-state index is 0.00981. The largest absolute Gasteiger partial charge is 0.479 e. The molecule has 0 saturated carbocycles. The molecule has 5 heteroatoms. The van der Waals surface area contributed by atoms with Crippen molar-refractivity contribution in [3.05, 3.63) is 72.4 Å². The van der Waals surface area contributed by atoms with Gasteiger partial charge in [-0.05, 0) is 17.7 Å². The number of nitrogens with zero attached hydrogens (tertiary/aromatic N) is 1. The second kappa shape index (κ2) is 10.2. The van der Waals surface area contributed by atoms with Gasteiger partial charge in [-0.2, -0.15) is 0 Å². The molecule has 2 aromatic carbocycles. The van der Waals surface area contributed by atoms with E-state index in [1.54, 1.807) is 18.0 Å². The average molecular weight is 376 g/mol. The van der Waals surface area contributed by atoms with E-state index in [0.717, 1.165) is 16.7 Å². The summed E-state index contributed by atoms with van der Waals surface area (Å²) in [6, 6.07) is 19.8. The van der Waals surface area contributed by atoms with Gasteiger partial charge in [0.05, 0.1) is 12.3 Å². The van der Waals surface area contributed by atoms with Gasteiger partial charge in [0.2, 0.25) is 5.91 Å². The second-order valence-corrected chi connectivity index (χ2v) is 6.71. The van der Waals surface area contributed by atoms with Crippen molar-refractivity contribution >= 4 is 28.6 Å². The lowest BCUT2D eigenvalue weighted by atomic mass is 10.2. The number of hydrogen-bond acceptors (Lipinski definition) is 4. The number of nitrogens with one attached hydrogen (secondary N) is 1. The Hall–Kier alpha value is -2.97. The number of rotatable bonds is 7. The molecule has 0 atom stereocenters. The number of carbonyl (C=O) groups is 1. The van der Waals surface area contributed by atoms with Gasteiger partial charge in [-0.3, -0.25) is 9.78 Å². The van der Waals surface area contributed by atoms with E-state index in [4.69, 9.17) is 4.74 Å². The maximum Gasteiger partial charge on any atom is 0.230 e. The highest BCUT2D eigenvalue weighted by Crippen LogP contribution is 2.22. The Morgan fingerprint density at radius 3 is 2.78 bits per heavy atom. The lowest BCUT2D eigenvalue weighted by molar-refractivity contribution is -0.118. The number of hydrogen-bond donors (Lipinski definition) is 1. The normalized spacial score (nSPS) is 10.1. The Morgan fingerprint density at radius 1 is 1.04 bits per heavy atom. The first-order valence-electron chi connectivity index (χ1n) is 8.63. The van der Waals surface area contributed by atoms with Crippen LogP contribution in [-0.2, 0) is 10.5 Å². The Bertz CT molecular complexity index is 943. The minimum Gasteiger partial charge on any atom is -0.479 e. The molecular weight excluding hydrogens is 356 g/mol. The zero-order chi connectivity index (χ0) is 18.7. The minimum atomic E-state index is -0.00981. The molecule has 1 aromatic heterocycles. The van der Waals surface area contributed by atoms with Crippen molar-refractivity contribution in [1.82, 2.24) is 10.3 Å². The monoisotopic (exact) mass is 376 g/mol. The number of para-hydroxylation sites is 1. The van der Waals surface area contributed by atoms with Crippen LogP contribution in [-0.4, -0.2) is 29.8 Å². The van der Waals surface area contributed by atoms with E-state index in [1.165, 1.54) is 5.56 Å². The maximum atomic E-state index is 11.8. The quantitative estimate of drug-likeness (QED) is 0.640. The summed E-state index contributed by atoms with van der Waals surface area (Å²) in [6.07, 6.45) is 1.74. The van der Waals surface area contributed by atoms with E-state index in [2.05, 4.69) is 34.3 Å². The van der Waals surface area contributed by atoms with Gasteiger partial charge in [-0.15, -0.1) is 11.8 Å². The molecule has 3 aromatic rings. The molecule has 0 aliphatic carbocycles. The highest BCUT2D eigenvalue weighted by molar-refractivity contribution is 7.99. The fourth-order valence-corrected chi connectivity index (χ4v) is 3.27. The number of pyridine rings is 1. The first kappa shape index (κ1) is 18.8. The molecule has 0 fully saturated rings. The third-order valence-electron chi connectivity index (χ3n) is 3.74. The van der Waals surface area contributed by atoms with Crippen LogP contribution < -0.4 is 10.1 Å². The summed E-state index contributed by atoms with van der Waals surface area (Å²) in [7, 11) is 0. The Labute approximate surface area is 163 Å². The summed E-state index contributed by atoms with van der Waals surface area (Å²) < 4.78 is 5.69. The van der Waals surface area contributed by atoms with E-state index < -0.39 is 0 Å². The summed E-state index contributed by atoms with van der Waals surface area (Å²) in [5.41, 5.74) is 2.04. The number of aromatic nitrogens is 1. The van der Waals surface area contributed by atoms with Crippen molar-refractivity contribution in [2.24, 2.45) is 0 Å². The first-order valence-corrected chi connectivity index (χ1v) is 9.79. The molecule has 27 heavy (non-hydrogen) atoms. The van der Waals surface area contributed by atoms with E-state index in [1.807, 2.05) is 48.5 Å². The van der Waals surface area contributed by atoms with Gasteiger partial charge in [-0.25, -0.2) is 0 Å². The van der Waals surface area contributed by atoms with Crippen LogP contribution in [0.15, 0.2) is 66.9 Å². The van der Waals surface area contributed by atoms with E-state index in [9.17, 15) is 4.79 Å². The zero-order valence-electron chi connectivity index (χ0n) is 14.9. The van der Waals surface area contributed by atoms with Crippen LogP contribution in [0.3, 0.4) is 0 Å².